The van der Waals surface area contributed by atoms with E-state index < -0.39 is 0 Å². The van der Waals surface area contributed by atoms with Crippen molar-refractivity contribution in [3.63, 3.8) is 0 Å². The highest BCUT2D eigenvalue weighted by atomic mass is 14.0. The minimum atomic E-state index is 0.677. The van der Waals surface area contributed by atoms with Gasteiger partial charge in [-0.15, -0.1) is 0 Å². The highest BCUT2D eigenvalue weighted by Crippen LogP contribution is 2.16. The quantitative estimate of drug-likeness (QED) is 0.562. The van der Waals surface area contributed by atoms with Gasteiger partial charge in [-0.25, -0.2) is 0 Å². The lowest BCUT2D eigenvalue weighted by Gasteiger charge is -2.12. The summed E-state index contributed by atoms with van der Waals surface area (Å²) >= 11 is 0. The van der Waals surface area contributed by atoms with Crippen molar-refractivity contribution in [3.05, 3.63) is 35.9 Å². The Hall–Kier alpha value is -0.715. The number of hydrogen-bond donors (Lipinski definition) is 0. The SMILES string of the molecule is CB(C)[C@@H](C)c1ccccc1. The van der Waals surface area contributed by atoms with Crippen LogP contribution in [0.25, 0.3) is 0 Å². The fourth-order valence-electron chi connectivity index (χ4n) is 1.14. The first-order valence-corrected chi connectivity index (χ1v) is 4.26. The van der Waals surface area contributed by atoms with E-state index in [4.69, 9.17) is 0 Å². The molecule has 0 nitrogen and oxygen atoms in total. The summed E-state index contributed by atoms with van der Waals surface area (Å²) in [7, 11) is 0. The Morgan fingerprint density at radius 2 is 1.64 bits per heavy atom. The maximum atomic E-state index is 2.28. The molecule has 0 aliphatic heterocycles. The van der Waals surface area contributed by atoms with Crippen molar-refractivity contribution < 1.29 is 0 Å². The van der Waals surface area contributed by atoms with Crippen LogP contribution in [0.4, 0.5) is 0 Å². The highest BCUT2D eigenvalue weighted by molar-refractivity contribution is 6.57. The van der Waals surface area contributed by atoms with Gasteiger partial charge >= 0.3 is 0 Å². The van der Waals surface area contributed by atoms with Gasteiger partial charge in [0.25, 0.3) is 0 Å². The van der Waals surface area contributed by atoms with Crippen molar-refractivity contribution in [1.29, 1.82) is 0 Å². The maximum absolute atomic E-state index is 2.28. The molecular weight excluding hydrogens is 131 g/mol. The smallest absolute Gasteiger partial charge is 0.0858 e. The molecular formula is C10H15B. The topological polar surface area (TPSA) is 0 Å². The van der Waals surface area contributed by atoms with Gasteiger partial charge in [0.2, 0.25) is 0 Å². The van der Waals surface area contributed by atoms with Gasteiger partial charge in [-0.2, -0.15) is 0 Å². The minimum Gasteiger partial charge on any atom is -0.0858 e. The molecule has 1 rings (SSSR count). The van der Waals surface area contributed by atoms with E-state index >= 15 is 0 Å². The molecule has 0 aliphatic carbocycles. The van der Waals surface area contributed by atoms with Crippen molar-refractivity contribution in [1.82, 2.24) is 0 Å². The largest absolute Gasteiger partial charge is 0.141 e. The Kier molecular flexibility index (Phi) is 2.75. The van der Waals surface area contributed by atoms with Crippen LogP contribution < -0.4 is 0 Å². The second-order valence-corrected chi connectivity index (χ2v) is 3.44. The van der Waals surface area contributed by atoms with Gasteiger partial charge in [-0.1, -0.05) is 56.5 Å². The second-order valence-electron chi connectivity index (χ2n) is 3.44. The number of benzene rings is 1. The van der Waals surface area contributed by atoms with Gasteiger partial charge in [0.15, 0.2) is 0 Å². The van der Waals surface area contributed by atoms with Crippen LogP contribution in [0.3, 0.4) is 0 Å². The van der Waals surface area contributed by atoms with E-state index in [0.29, 0.717) is 5.82 Å². The van der Waals surface area contributed by atoms with Crippen LogP contribution in [-0.4, -0.2) is 6.71 Å². The normalized spacial score (nSPS) is 12.6. The van der Waals surface area contributed by atoms with Crippen LogP contribution in [0, 0.1) is 0 Å². The van der Waals surface area contributed by atoms with Gasteiger partial charge in [-0.3, -0.25) is 0 Å². The summed E-state index contributed by atoms with van der Waals surface area (Å²) < 4.78 is 0. The van der Waals surface area contributed by atoms with Crippen molar-refractivity contribution in [3.8, 4) is 0 Å². The Morgan fingerprint density at radius 1 is 1.09 bits per heavy atom. The molecule has 0 fully saturated rings. The molecule has 0 saturated carbocycles. The third kappa shape index (κ3) is 2.11. The van der Waals surface area contributed by atoms with Crippen molar-refractivity contribution in [2.45, 2.75) is 26.4 Å². The molecule has 58 valence electrons. The Balaban J connectivity index is 2.77. The molecule has 1 atom stereocenters. The van der Waals surface area contributed by atoms with E-state index in [1.165, 1.54) is 5.56 Å². The van der Waals surface area contributed by atoms with Crippen molar-refractivity contribution in [2.75, 3.05) is 0 Å². The van der Waals surface area contributed by atoms with E-state index in [1.54, 1.807) is 0 Å². The Morgan fingerprint density at radius 3 is 2.09 bits per heavy atom. The molecule has 0 N–H and O–H groups in total. The third-order valence-corrected chi connectivity index (χ3v) is 2.33. The lowest BCUT2D eigenvalue weighted by Crippen LogP contribution is -2.11. The standard InChI is InChI=1S/C10H15B/c1-9(11(2)3)10-7-5-4-6-8-10/h4-9H,1-3H3/t9-/m0/s1. The summed E-state index contributed by atoms with van der Waals surface area (Å²) in [6.45, 7) is 7.53. The molecule has 1 aromatic carbocycles. The monoisotopic (exact) mass is 146 g/mol. The molecule has 0 aromatic heterocycles. The fourth-order valence-corrected chi connectivity index (χ4v) is 1.14. The van der Waals surface area contributed by atoms with Gasteiger partial charge in [-0.05, 0) is 5.82 Å². The summed E-state index contributed by atoms with van der Waals surface area (Å²) in [6, 6.07) is 10.7. The molecule has 0 spiro atoms. The lowest BCUT2D eigenvalue weighted by molar-refractivity contribution is 1.05. The summed E-state index contributed by atoms with van der Waals surface area (Å²) in [6.07, 6.45) is 0. The molecule has 11 heavy (non-hydrogen) atoms. The Bertz CT molecular complexity index is 203. The summed E-state index contributed by atoms with van der Waals surface area (Å²) in [4.78, 5) is 0. The highest BCUT2D eigenvalue weighted by Gasteiger charge is 2.11. The average Bonchev–Trinajstić information content (AvgIpc) is 2.05. The molecule has 0 bridgehead atoms. The van der Waals surface area contributed by atoms with Gasteiger partial charge in [0.1, 0.15) is 6.71 Å². The summed E-state index contributed by atoms with van der Waals surface area (Å²) in [5.41, 5.74) is 1.45. The first kappa shape index (κ1) is 8.38. The van der Waals surface area contributed by atoms with Gasteiger partial charge < -0.3 is 0 Å². The predicted molar refractivity (Wildman–Crippen MR) is 52.3 cm³/mol. The van der Waals surface area contributed by atoms with E-state index in [-0.39, 0.29) is 0 Å². The maximum Gasteiger partial charge on any atom is 0.141 e. The zero-order valence-electron chi connectivity index (χ0n) is 7.54. The summed E-state index contributed by atoms with van der Waals surface area (Å²) in [5.74, 6) is 0.677. The molecule has 0 aliphatic rings. The second kappa shape index (κ2) is 3.61. The van der Waals surface area contributed by atoms with E-state index in [2.05, 4.69) is 50.9 Å². The van der Waals surface area contributed by atoms with Crippen molar-refractivity contribution in [2.24, 2.45) is 0 Å². The van der Waals surface area contributed by atoms with Crippen molar-refractivity contribution >= 4 is 6.71 Å². The molecule has 0 radical (unpaired) electrons. The van der Waals surface area contributed by atoms with Crippen LogP contribution in [0.15, 0.2) is 30.3 Å². The van der Waals surface area contributed by atoms with E-state index in [0.717, 1.165) is 6.71 Å². The van der Waals surface area contributed by atoms with Crippen LogP contribution in [0.1, 0.15) is 18.3 Å². The van der Waals surface area contributed by atoms with Crippen LogP contribution in [-0.2, 0) is 0 Å². The molecule has 0 unspecified atom stereocenters. The zero-order valence-corrected chi connectivity index (χ0v) is 7.54. The zero-order chi connectivity index (χ0) is 8.27. The van der Waals surface area contributed by atoms with Gasteiger partial charge in [0.05, 0.1) is 0 Å². The van der Waals surface area contributed by atoms with E-state index in [9.17, 15) is 0 Å². The first-order valence-electron chi connectivity index (χ1n) is 4.26. The van der Waals surface area contributed by atoms with Crippen LogP contribution in [0.5, 0.6) is 0 Å². The van der Waals surface area contributed by atoms with Gasteiger partial charge in [0, 0.05) is 0 Å². The first-order chi connectivity index (χ1) is 5.22. The third-order valence-electron chi connectivity index (χ3n) is 2.33. The van der Waals surface area contributed by atoms with Crippen LogP contribution >= 0.6 is 0 Å². The molecule has 1 heteroatoms. The number of hydrogen-bond acceptors (Lipinski definition) is 0. The fraction of sp³-hybridized carbons (Fsp3) is 0.400. The average molecular weight is 146 g/mol. The number of rotatable bonds is 2. The summed E-state index contributed by atoms with van der Waals surface area (Å²) in [5, 5.41) is 0. The molecule has 0 saturated heterocycles. The molecule has 0 amide bonds. The predicted octanol–water partition coefficient (Wildman–Crippen LogP) is 3.08. The lowest BCUT2D eigenvalue weighted by atomic mass is 9.44. The Labute approximate surface area is 69.7 Å². The molecule has 0 heterocycles. The minimum absolute atomic E-state index is 0.677. The molecule has 1 aromatic rings. The van der Waals surface area contributed by atoms with Crippen LogP contribution in [0.2, 0.25) is 13.6 Å². The van der Waals surface area contributed by atoms with E-state index in [1.807, 2.05) is 0 Å².